The number of carbonyl (C=O) groups is 2. The van der Waals surface area contributed by atoms with E-state index in [9.17, 15) is 14.0 Å². The third-order valence-corrected chi connectivity index (χ3v) is 4.71. The van der Waals surface area contributed by atoms with Gasteiger partial charge >= 0.3 is 0 Å². The highest BCUT2D eigenvalue weighted by molar-refractivity contribution is 14.1. The van der Waals surface area contributed by atoms with Crippen LogP contribution in [0.4, 0.5) is 4.39 Å². The van der Waals surface area contributed by atoms with Crippen LogP contribution in [0.15, 0.2) is 48.5 Å². The Morgan fingerprint density at radius 1 is 1.19 bits per heavy atom. The molecule has 0 aliphatic rings. The molecule has 0 fully saturated rings. The normalized spacial score (nSPS) is 11.6. The van der Waals surface area contributed by atoms with Crippen LogP contribution in [0.1, 0.15) is 19.4 Å². The molecule has 27 heavy (non-hydrogen) atoms. The molecule has 1 atom stereocenters. The second-order valence-corrected chi connectivity index (χ2v) is 7.17. The number of nitrogens with one attached hydrogen (secondary N) is 1. The minimum Gasteiger partial charge on any atom is -0.484 e. The number of rotatable bonds is 8. The van der Waals surface area contributed by atoms with Crippen LogP contribution in [0.3, 0.4) is 0 Å². The fourth-order valence-corrected chi connectivity index (χ4v) is 2.83. The van der Waals surface area contributed by atoms with Crippen molar-refractivity contribution in [3.8, 4) is 5.75 Å². The molecule has 0 radical (unpaired) electrons. The van der Waals surface area contributed by atoms with E-state index in [2.05, 4.69) is 27.9 Å². The van der Waals surface area contributed by atoms with Crippen LogP contribution in [0.25, 0.3) is 0 Å². The van der Waals surface area contributed by atoms with Crippen LogP contribution in [-0.4, -0.2) is 35.9 Å². The molecule has 0 saturated heterocycles. The molecule has 0 aliphatic heterocycles. The second kappa shape index (κ2) is 10.2. The summed E-state index contributed by atoms with van der Waals surface area (Å²) in [4.78, 5) is 26.3. The van der Waals surface area contributed by atoms with Gasteiger partial charge in [-0.3, -0.25) is 9.59 Å². The molecule has 1 N–H and O–H groups in total. The van der Waals surface area contributed by atoms with Gasteiger partial charge in [0.05, 0.1) is 0 Å². The van der Waals surface area contributed by atoms with Gasteiger partial charge in [-0.25, -0.2) is 4.39 Å². The Hall–Kier alpha value is -2.16. The average molecular weight is 484 g/mol. The van der Waals surface area contributed by atoms with Crippen molar-refractivity contribution in [1.29, 1.82) is 0 Å². The molecule has 0 aromatic heterocycles. The lowest BCUT2D eigenvalue weighted by atomic mass is 10.1. The third kappa shape index (κ3) is 6.20. The predicted molar refractivity (Wildman–Crippen MR) is 110 cm³/mol. The Labute approximate surface area is 172 Å². The van der Waals surface area contributed by atoms with E-state index in [1.165, 1.54) is 11.0 Å². The zero-order chi connectivity index (χ0) is 19.8. The van der Waals surface area contributed by atoms with Gasteiger partial charge in [0.25, 0.3) is 5.91 Å². The van der Waals surface area contributed by atoms with Gasteiger partial charge in [-0.1, -0.05) is 18.2 Å². The number of benzene rings is 2. The molecule has 2 aromatic carbocycles. The molecule has 0 saturated carbocycles. The Balaban J connectivity index is 2.14. The van der Waals surface area contributed by atoms with Gasteiger partial charge in [0, 0.05) is 22.2 Å². The summed E-state index contributed by atoms with van der Waals surface area (Å²) in [5.74, 6) is -0.552. The SMILES string of the molecule is CCNC(=O)[C@H](C)N(Cc1ccccc1F)C(=O)COc1ccc(I)cc1. The highest BCUT2D eigenvalue weighted by atomic mass is 127. The summed E-state index contributed by atoms with van der Waals surface area (Å²) in [5.41, 5.74) is 0.344. The summed E-state index contributed by atoms with van der Waals surface area (Å²) in [7, 11) is 0. The van der Waals surface area contributed by atoms with E-state index in [1.54, 1.807) is 44.2 Å². The number of amides is 2. The zero-order valence-electron chi connectivity index (χ0n) is 15.2. The number of hydrogen-bond donors (Lipinski definition) is 1. The van der Waals surface area contributed by atoms with Crippen molar-refractivity contribution in [3.63, 3.8) is 0 Å². The minimum absolute atomic E-state index is 0.0140. The lowest BCUT2D eigenvalue weighted by molar-refractivity contribution is -0.142. The first-order chi connectivity index (χ1) is 12.9. The molecule has 7 heteroatoms. The Morgan fingerprint density at radius 3 is 2.48 bits per heavy atom. The maximum absolute atomic E-state index is 14.0. The molecule has 2 amide bonds. The average Bonchev–Trinajstić information content (AvgIpc) is 2.66. The van der Waals surface area contributed by atoms with Crippen molar-refractivity contribution in [2.75, 3.05) is 13.2 Å². The van der Waals surface area contributed by atoms with Gasteiger partial charge in [0.2, 0.25) is 5.91 Å². The molecule has 5 nitrogen and oxygen atoms in total. The number of nitrogens with zero attached hydrogens (tertiary/aromatic N) is 1. The Kier molecular flexibility index (Phi) is 8.02. The maximum Gasteiger partial charge on any atom is 0.261 e. The molecule has 2 aromatic rings. The molecular weight excluding hydrogens is 462 g/mol. The first kappa shape index (κ1) is 21.1. The molecule has 0 bridgehead atoms. The Bertz CT molecular complexity index is 783. The minimum atomic E-state index is -0.752. The van der Waals surface area contributed by atoms with Crippen molar-refractivity contribution in [3.05, 3.63) is 63.5 Å². The first-order valence-corrected chi connectivity index (χ1v) is 9.69. The van der Waals surface area contributed by atoms with Crippen molar-refractivity contribution < 1.29 is 18.7 Å². The Morgan fingerprint density at radius 2 is 1.85 bits per heavy atom. The van der Waals surface area contributed by atoms with E-state index >= 15 is 0 Å². The second-order valence-electron chi connectivity index (χ2n) is 5.93. The van der Waals surface area contributed by atoms with E-state index in [-0.39, 0.29) is 19.1 Å². The fraction of sp³-hybridized carbons (Fsp3) is 0.300. The van der Waals surface area contributed by atoms with Gasteiger partial charge < -0.3 is 15.0 Å². The van der Waals surface area contributed by atoms with Crippen LogP contribution in [0, 0.1) is 9.39 Å². The summed E-state index contributed by atoms with van der Waals surface area (Å²) < 4.78 is 20.6. The predicted octanol–water partition coefficient (Wildman–Crippen LogP) is 3.36. The fourth-order valence-electron chi connectivity index (χ4n) is 2.47. The molecule has 0 unspecified atom stereocenters. The van der Waals surface area contributed by atoms with Crippen molar-refractivity contribution in [2.24, 2.45) is 0 Å². The summed E-state index contributed by atoms with van der Waals surface area (Å²) in [6.45, 7) is 3.62. The third-order valence-electron chi connectivity index (χ3n) is 3.99. The maximum atomic E-state index is 14.0. The number of ether oxygens (including phenoxy) is 1. The van der Waals surface area contributed by atoms with Crippen molar-refractivity contribution in [2.45, 2.75) is 26.4 Å². The molecule has 2 rings (SSSR count). The lowest BCUT2D eigenvalue weighted by Crippen LogP contribution is -2.49. The molecule has 0 aliphatic carbocycles. The standard InChI is InChI=1S/C20H22FIN2O3/c1-3-23-20(26)14(2)24(12-15-6-4-5-7-18(15)21)19(25)13-27-17-10-8-16(22)9-11-17/h4-11,14H,3,12-13H2,1-2H3,(H,23,26)/t14-/m0/s1. The topological polar surface area (TPSA) is 58.6 Å². The van der Waals surface area contributed by atoms with Crippen LogP contribution in [-0.2, 0) is 16.1 Å². The smallest absolute Gasteiger partial charge is 0.261 e. The molecule has 0 spiro atoms. The van der Waals surface area contributed by atoms with Gasteiger partial charge in [0.15, 0.2) is 6.61 Å². The van der Waals surface area contributed by atoms with Crippen molar-refractivity contribution >= 4 is 34.4 Å². The van der Waals surface area contributed by atoms with Crippen LogP contribution < -0.4 is 10.1 Å². The first-order valence-electron chi connectivity index (χ1n) is 8.61. The number of carbonyl (C=O) groups excluding carboxylic acids is 2. The number of halogens is 2. The van der Waals surface area contributed by atoms with Gasteiger partial charge in [0.1, 0.15) is 17.6 Å². The van der Waals surface area contributed by atoms with Gasteiger partial charge in [-0.15, -0.1) is 0 Å². The van der Waals surface area contributed by atoms with E-state index in [4.69, 9.17) is 4.74 Å². The van der Waals surface area contributed by atoms with E-state index < -0.39 is 17.8 Å². The lowest BCUT2D eigenvalue weighted by Gasteiger charge is -2.28. The summed E-state index contributed by atoms with van der Waals surface area (Å²) >= 11 is 2.18. The highest BCUT2D eigenvalue weighted by Gasteiger charge is 2.26. The molecule has 0 heterocycles. The van der Waals surface area contributed by atoms with E-state index in [0.717, 1.165) is 3.57 Å². The largest absolute Gasteiger partial charge is 0.484 e. The van der Waals surface area contributed by atoms with Gasteiger partial charge in [-0.2, -0.15) is 0 Å². The zero-order valence-corrected chi connectivity index (χ0v) is 17.4. The monoisotopic (exact) mass is 484 g/mol. The number of hydrogen-bond acceptors (Lipinski definition) is 3. The van der Waals surface area contributed by atoms with Crippen molar-refractivity contribution in [1.82, 2.24) is 10.2 Å². The van der Waals surface area contributed by atoms with E-state index in [1.807, 2.05) is 12.1 Å². The summed E-state index contributed by atoms with van der Waals surface area (Å²) in [5, 5.41) is 2.69. The number of likely N-dealkylation sites (N-methyl/N-ethyl adjacent to an activating group) is 1. The van der Waals surface area contributed by atoms with Crippen LogP contribution in [0.5, 0.6) is 5.75 Å². The molecular formula is C20H22FIN2O3. The molecule has 144 valence electrons. The quantitative estimate of drug-likeness (QED) is 0.585. The summed E-state index contributed by atoms with van der Waals surface area (Å²) in [6, 6.07) is 12.7. The highest BCUT2D eigenvalue weighted by Crippen LogP contribution is 2.16. The summed E-state index contributed by atoms with van der Waals surface area (Å²) in [6.07, 6.45) is 0. The van der Waals surface area contributed by atoms with Crippen LogP contribution >= 0.6 is 22.6 Å². The van der Waals surface area contributed by atoms with Crippen LogP contribution in [0.2, 0.25) is 0 Å². The van der Waals surface area contributed by atoms with Gasteiger partial charge in [-0.05, 0) is 66.8 Å². The van der Waals surface area contributed by atoms with E-state index in [0.29, 0.717) is 17.9 Å².